The topological polar surface area (TPSA) is 66.5 Å². The Kier molecular flexibility index (Phi) is 6.04. The van der Waals surface area contributed by atoms with Gasteiger partial charge in [0.2, 0.25) is 15.9 Å². The van der Waals surface area contributed by atoms with Crippen LogP contribution in [0.25, 0.3) is 0 Å². The predicted octanol–water partition coefficient (Wildman–Crippen LogP) is 2.81. The Morgan fingerprint density at radius 1 is 1.04 bits per heavy atom. The zero-order valence-corrected chi connectivity index (χ0v) is 14.9. The molecule has 1 N–H and O–H groups in total. The van der Waals surface area contributed by atoms with Crippen LogP contribution in [0.3, 0.4) is 0 Å². The molecule has 0 saturated carbocycles. The van der Waals surface area contributed by atoms with Crippen LogP contribution in [0, 0.1) is 24.4 Å². The maximum absolute atomic E-state index is 13.6. The maximum Gasteiger partial charge on any atom is 0.239 e. The van der Waals surface area contributed by atoms with E-state index in [1.54, 1.807) is 24.3 Å². The summed E-state index contributed by atoms with van der Waals surface area (Å²) in [5.41, 5.74) is 1.08. The third-order valence-corrected chi connectivity index (χ3v) is 4.77. The lowest BCUT2D eigenvalue weighted by Crippen LogP contribution is -2.37. The van der Waals surface area contributed by atoms with Gasteiger partial charge < -0.3 is 5.32 Å². The smallest absolute Gasteiger partial charge is 0.239 e. The van der Waals surface area contributed by atoms with Crippen molar-refractivity contribution in [1.82, 2.24) is 4.31 Å². The van der Waals surface area contributed by atoms with Crippen LogP contribution in [0.15, 0.2) is 36.4 Å². The maximum atomic E-state index is 13.6. The van der Waals surface area contributed by atoms with Gasteiger partial charge in [0.05, 0.1) is 18.5 Å². The van der Waals surface area contributed by atoms with Crippen molar-refractivity contribution in [3.05, 3.63) is 65.0 Å². The van der Waals surface area contributed by atoms with Gasteiger partial charge in [-0.05, 0) is 24.6 Å². The van der Waals surface area contributed by atoms with Gasteiger partial charge in [0, 0.05) is 6.54 Å². The molecule has 0 aliphatic heterocycles. The van der Waals surface area contributed by atoms with Crippen molar-refractivity contribution in [2.75, 3.05) is 18.1 Å². The van der Waals surface area contributed by atoms with Crippen LogP contribution < -0.4 is 5.32 Å². The van der Waals surface area contributed by atoms with Crippen LogP contribution in [0.1, 0.15) is 11.1 Å². The molecule has 2 aromatic rings. The number of rotatable bonds is 6. The lowest BCUT2D eigenvalue weighted by molar-refractivity contribution is -0.116. The van der Waals surface area contributed by atoms with Gasteiger partial charge in [-0.1, -0.05) is 29.8 Å². The molecule has 0 bridgehead atoms. The third-order valence-electron chi connectivity index (χ3n) is 3.58. The Morgan fingerprint density at radius 2 is 1.65 bits per heavy atom. The van der Waals surface area contributed by atoms with Crippen molar-refractivity contribution in [1.29, 1.82) is 0 Å². The first-order valence-corrected chi connectivity index (χ1v) is 9.37. The van der Waals surface area contributed by atoms with Crippen molar-refractivity contribution < 1.29 is 26.4 Å². The summed E-state index contributed by atoms with van der Waals surface area (Å²) >= 11 is 0. The van der Waals surface area contributed by atoms with Gasteiger partial charge in [-0.3, -0.25) is 4.79 Å². The molecule has 0 atom stereocenters. The first-order chi connectivity index (χ1) is 12.1. The van der Waals surface area contributed by atoms with Crippen LogP contribution in [-0.4, -0.2) is 31.4 Å². The number of anilines is 1. The zero-order chi connectivity index (χ0) is 19.5. The highest BCUT2D eigenvalue weighted by atomic mass is 32.2. The number of carbonyl (C=O) groups excluding carboxylic acids is 1. The molecule has 0 fully saturated rings. The lowest BCUT2D eigenvalue weighted by Gasteiger charge is -2.20. The Hall–Kier alpha value is -2.39. The van der Waals surface area contributed by atoms with Crippen LogP contribution >= 0.6 is 0 Å². The van der Waals surface area contributed by atoms with Crippen LogP contribution in [0.4, 0.5) is 18.9 Å². The highest BCUT2D eigenvalue weighted by molar-refractivity contribution is 7.88. The third kappa shape index (κ3) is 5.06. The normalized spacial score (nSPS) is 11.6. The van der Waals surface area contributed by atoms with Crippen molar-refractivity contribution in [2.24, 2.45) is 0 Å². The number of carbonyl (C=O) groups is 1. The lowest BCUT2D eigenvalue weighted by atomic mass is 10.1. The Morgan fingerprint density at radius 3 is 2.23 bits per heavy atom. The van der Waals surface area contributed by atoms with Gasteiger partial charge in [0.1, 0.15) is 0 Å². The minimum Gasteiger partial charge on any atom is -0.322 e. The fourth-order valence-electron chi connectivity index (χ4n) is 2.16. The van der Waals surface area contributed by atoms with Gasteiger partial charge >= 0.3 is 0 Å². The summed E-state index contributed by atoms with van der Waals surface area (Å²) in [7, 11) is -3.74. The molecular weight excluding hydrogens is 369 g/mol. The molecule has 26 heavy (non-hydrogen) atoms. The van der Waals surface area contributed by atoms with Crippen molar-refractivity contribution in [3.8, 4) is 0 Å². The monoisotopic (exact) mass is 386 g/mol. The molecule has 0 aliphatic rings. The molecule has 0 aromatic heterocycles. The van der Waals surface area contributed by atoms with E-state index in [-0.39, 0.29) is 6.54 Å². The summed E-state index contributed by atoms with van der Waals surface area (Å²) in [4.78, 5) is 12.1. The standard InChI is InChI=1S/C17H17F3N2O3S/c1-11-3-5-12(6-4-11)9-22(26(2,24)25)10-15(23)21-14-8-7-13(18)16(19)17(14)20/h3-8H,9-10H2,1-2H3,(H,21,23). The van der Waals surface area contributed by atoms with E-state index in [9.17, 15) is 26.4 Å². The van der Waals surface area contributed by atoms with E-state index in [0.29, 0.717) is 11.6 Å². The number of nitrogens with zero attached hydrogens (tertiary/aromatic N) is 1. The fraction of sp³-hybridized carbons (Fsp3) is 0.235. The number of hydrogen-bond acceptors (Lipinski definition) is 3. The van der Waals surface area contributed by atoms with E-state index < -0.39 is 45.6 Å². The fourth-order valence-corrected chi connectivity index (χ4v) is 2.90. The average Bonchev–Trinajstić information content (AvgIpc) is 2.56. The molecule has 140 valence electrons. The molecular formula is C17H17F3N2O3S. The quantitative estimate of drug-likeness (QED) is 0.777. The molecule has 2 aromatic carbocycles. The summed E-state index contributed by atoms with van der Waals surface area (Å²) in [6.07, 6.45) is 0.937. The molecule has 9 heteroatoms. The number of hydrogen-bond donors (Lipinski definition) is 1. The van der Waals surface area contributed by atoms with Crippen LogP contribution in [0.2, 0.25) is 0 Å². The zero-order valence-electron chi connectivity index (χ0n) is 14.1. The average molecular weight is 386 g/mol. The Bertz CT molecular complexity index is 916. The van der Waals surface area contributed by atoms with Gasteiger partial charge in [0.25, 0.3) is 0 Å². The number of nitrogens with one attached hydrogen (secondary N) is 1. The van der Waals surface area contributed by atoms with E-state index in [1.165, 1.54) is 0 Å². The molecule has 0 saturated heterocycles. The number of aryl methyl sites for hydroxylation is 1. The van der Waals surface area contributed by atoms with Gasteiger partial charge in [-0.25, -0.2) is 21.6 Å². The van der Waals surface area contributed by atoms with Crippen LogP contribution in [0.5, 0.6) is 0 Å². The van der Waals surface area contributed by atoms with Gasteiger partial charge in [-0.15, -0.1) is 0 Å². The second-order valence-electron chi connectivity index (χ2n) is 5.79. The number of sulfonamides is 1. The first kappa shape index (κ1) is 19.9. The van der Waals surface area contributed by atoms with Crippen molar-refractivity contribution >= 4 is 21.6 Å². The van der Waals surface area contributed by atoms with E-state index in [0.717, 1.165) is 22.2 Å². The highest BCUT2D eigenvalue weighted by Crippen LogP contribution is 2.20. The number of amides is 1. The molecule has 2 rings (SSSR count). The largest absolute Gasteiger partial charge is 0.322 e. The van der Waals surface area contributed by atoms with E-state index in [4.69, 9.17) is 0 Å². The highest BCUT2D eigenvalue weighted by Gasteiger charge is 2.22. The second kappa shape index (κ2) is 7.88. The van der Waals surface area contributed by atoms with E-state index in [2.05, 4.69) is 0 Å². The molecule has 5 nitrogen and oxygen atoms in total. The second-order valence-corrected chi connectivity index (χ2v) is 7.77. The first-order valence-electron chi connectivity index (χ1n) is 7.52. The van der Waals surface area contributed by atoms with Crippen LogP contribution in [-0.2, 0) is 21.4 Å². The molecule has 0 radical (unpaired) electrons. The summed E-state index contributed by atoms with van der Waals surface area (Å²) in [6, 6.07) is 8.56. The minimum atomic E-state index is -3.74. The SMILES string of the molecule is Cc1ccc(CN(CC(=O)Nc2ccc(F)c(F)c2F)S(C)(=O)=O)cc1. The molecule has 0 unspecified atom stereocenters. The Balaban J connectivity index is 2.14. The van der Waals surface area contributed by atoms with E-state index >= 15 is 0 Å². The van der Waals surface area contributed by atoms with Crippen molar-refractivity contribution in [3.63, 3.8) is 0 Å². The molecule has 0 spiro atoms. The summed E-state index contributed by atoms with van der Waals surface area (Å²) in [6.45, 7) is 1.21. The molecule has 0 heterocycles. The number of benzene rings is 2. The number of halogens is 3. The van der Waals surface area contributed by atoms with Gasteiger partial charge in [-0.2, -0.15) is 4.31 Å². The summed E-state index contributed by atoms with van der Waals surface area (Å²) in [5, 5.41) is 2.05. The minimum absolute atomic E-state index is 0.0627. The van der Waals surface area contributed by atoms with Crippen molar-refractivity contribution in [2.45, 2.75) is 13.5 Å². The predicted molar refractivity (Wildman–Crippen MR) is 91.4 cm³/mol. The van der Waals surface area contributed by atoms with Gasteiger partial charge in [0.15, 0.2) is 17.5 Å². The molecule has 1 amide bonds. The summed E-state index contributed by atoms with van der Waals surface area (Å²) in [5.74, 6) is -5.55. The Labute approximate surface area is 149 Å². The summed E-state index contributed by atoms with van der Waals surface area (Å²) < 4.78 is 64.5. The van der Waals surface area contributed by atoms with E-state index in [1.807, 2.05) is 12.2 Å². The molecule has 0 aliphatic carbocycles.